The van der Waals surface area contributed by atoms with Crippen LogP contribution in [0.25, 0.3) is 33.4 Å². The first kappa shape index (κ1) is 42.4. The van der Waals surface area contributed by atoms with Crippen LogP contribution >= 0.6 is 0 Å². The molecule has 0 saturated heterocycles. The fourth-order valence-electron chi connectivity index (χ4n) is 12.3. The summed E-state index contributed by atoms with van der Waals surface area (Å²) >= 11 is 0. The highest BCUT2D eigenvalue weighted by Gasteiger charge is 2.56. The molecule has 4 atom stereocenters. The molecule has 3 aliphatic carbocycles. The van der Waals surface area contributed by atoms with Gasteiger partial charge in [0.1, 0.15) is 0 Å². The molecule has 0 amide bonds. The summed E-state index contributed by atoms with van der Waals surface area (Å²) in [4.78, 5) is 2.48. The molecular formula is C65H61N3. The maximum absolute atomic E-state index is 4.09. The minimum atomic E-state index is -0.469. The number of allylic oxidation sites excluding steroid dienone is 4. The van der Waals surface area contributed by atoms with Crippen molar-refractivity contribution in [2.45, 2.75) is 89.6 Å². The number of hydrogen-bond acceptors (Lipinski definition) is 2. The predicted molar refractivity (Wildman–Crippen MR) is 286 cm³/mol. The molecular weight excluding hydrogens is 823 g/mol. The monoisotopic (exact) mass is 883 g/mol. The van der Waals surface area contributed by atoms with Gasteiger partial charge in [-0.3, -0.25) is 5.32 Å². The van der Waals surface area contributed by atoms with E-state index >= 15 is 0 Å². The number of nitrogens with zero attached hydrogens (tertiary/aromatic N) is 2. The normalized spacial score (nSPS) is 20.6. The maximum atomic E-state index is 4.09. The van der Waals surface area contributed by atoms with Crippen LogP contribution in [0.15, 0.2) is 200 Å². The summed E-state index contributed by atoms with van der Waals surface area (Å²) in [5.41, 5.74) is 22.0. The number of nitrogens with one attached hydrogen (secondary N) is 1. The van der Waals surface area contributed by atoms with E-state index in [9.17, 15) is 0 Å². The first-order valence-corrected chi connectivity index (χ1v) is 24.8. The second-order valence-corrected chi connectivity index (χ2v) is 21.8. The average molecular weight is 884 g/mol. The molecule has 1 aromatic heterocycles. The van der Waals surface area contributed by atoms with Crippen molar-refractivity contribution in [1.82, 2.24) is 9.88 Å². The van der Waals surface area contributed by atoms with E-state index in [0.29, 0.717) is 5.92 Å². The van der Waals surface area contributed by atoms with Gasteiger partial charge < -0.3 is 9.47 Å². The Balaban J connectivity index is 1.17. The lowest BCUT2D eigenvalue weighted by atomic mass is 9.65. The van der Waals surface area contributed by atoms with E-state index in [1.54, 1.807) is 0 Å². The molecule has 3 heteroatoms. The molecule has 2 heterocycles. The fraction of sp³-hybridized carbons (Fsp3) is 0.231. The number of hydrogen-bond donors (Lipinski definition) is 1. The molecule has 8 aromatic rings. The van der Waals surface area contributed by atoms with Crippen LogP contribution in [0.4, 0.5) is 17.1 Å². The zero-order valence-corrected chi connectivity index (χ0v) is 40.5. The topological polar surface area (TPSA) is 20.2 Å². The van der Waals surface area contributed by atoms with Gasteiger partial charge in [-0.05, 0) is 122 Å². The van der Waals surface area contributed by atoms with Crippen molar-refractivity contribution >= 4 is 39.2 Å². The van der Waals surface area contributed by atoms with Crippen LogP contribution in [0.5, 0.6) is 0 Å². The summed E-state index contributed by atoms with van der Waals surface area (Å²) in [6.07, 6.45) is 9.23. The first-order chi connectivity index (χ1) is 32.9. The molecule has 3 nitrogen and oxygen atoms in total. The Hall–Kier alpha value is -6.94. The Labute approximate surface area is 403 Å². The minimum absolute atomic E-state index is 0.0239. The second kappa shape index (κ2) is 15.8. The van der Waals surface area contributed by atoms with E-state index in [1.165, 1.54) is 83.5 Å². The highest BCUT2D eigenvalue weighted by Crippen LogP contribution is 2.67. The standard InChI is InChI=1S/C65H61N3/c1-42-19-18-26-52-51-24-14-16-27-55(51)65(60(42)52)56-28-17-15-25-53(56)62-61(65)54-39-49(67(47-33-29-45(30-34-47)63(2,3)4)48-35-31-46(32-36-48)64(5,6)7)37-38-59(54)68(62)50-40-57(43-20-10-8-11-21-43)66-58(41-50)44-22-12-9-13-23-44/h8-18,20-40,42,57-58,66H,19,41H2,1-7H3. The molecule has 68 heavy (non-hydrogen) atoms. The molecule has 7 aromatic carbocycles. The van der Waals surface area contributed by atoms with E-state index in [2.05, 4.69) is 257 Å². The number of anilines is 3. The molecule has 0 bridgehead atoms. The lowest BCUT2D eigenvalue weighted by molar-refractivity contribution is 0.476. The third-order valence-electron chi connectivity index (χ3n) is 15.5. The van der Waals surface area contributed by atoms with Crippen molar-refractivity contribution in [1.29, 1.82) is 0 Å². The average Bonchev–Trinajstić information content (AvgIpc) is 3.96. The minimum Gasteiger partial charge on any atom is -0.313 e. The van der Waals surface area contributed by atoms with Crippen LogP contribution in [0.1, 0.15) is 118 Å². The van der Waals surface area contributed by atoms with Crippen LogP contribution in [0.3, 0.4) is 0 Å². The van der Waals surface area contributed by atoms with Crippen molar-refractivity contribution < 1.29 is 0 Å². The zero-order chi connectivity index (χ0) is 46.5. The van der Waals surface area contributed by atoms with Gasteiger partial charge >= 0.3 is 0 Å². The van der Waals surface area contributed by atoms with E-state index in [4.69, 9.17) is 0 Å². The predicted octanol–water partition coefficient (Wildman–Crippen LogP) is 16.7. The van der Waals surface area contributed by atoms with Gasteiger partial charge in [0, 0.05) is 51.7 Å². The number of benzene rings is 7. The van der Waals surface area contributed by atoms with Gasteiger partial charge in [0.2, 0.25) is 0 Å². The Morgan fingerprint density at radius 3 is 1.75 bits per heavy atom. The smallest absolute Gasteiger partial charge is 0.0713 e. The van der Waals surface area contributed by atoms with Gasteiger partial charge in [-0.15, -0.1) is 0 Å². The summed E-state index contributed by atoms with van der Waals surface area (Å²) in [5, 5.41) is 5.39. The summed E-state index contributed by atoms with van der Waals surface area (Å²) in [6.45, 7) is 16.2. The van der Waals surface area contributed by atoms with Crippen LogP contribution in [0, 0.1) is 5.92 Å². The number of fused-ring (bicyclic) bond motifs is 11. The van der Waals surface area contributed by atoms with Gasteiger partial charge in [0.05, 0.1) is 22.7 Å². The summed E-state index contributed by atoms with van der Waals surface area (Å²) < 4.78 is 2.69. The third-order valence-corrected chi connectivity index (χ3v) is 15.5. The zero-order valence-electron chi connectivity index (χ0n) is 40.5. The molecule has 12 rings (SSSR count). The van der Waals surface area contributed by atoms with Gasteiger partial charge in [0.15, 0.2) is 0 Å². The Morgan fingerprint density at radius 2 is 1.13 bits per heavy atom. The maximum Gasteiger partial charge on any atom is 0.0713 e. The molecule has 0 saturated carbocycles. The lowest BCUT2D eigenvalue weighted by Gasteiger charge is -2.36. The molecule has 0 fully saturated rings. The van der Waals surface area contributed by atoms with Gasteiger partial charge in [0.25, 0.3) is 0 Å². The van der Waals surface area contributed by atoms with Crippen molar-refractivity contribution in [2.75, 3.05) is 4.90 Å². The van der Waals surface area contributed by atoms with E-state index in [1.807, 2.05) is 0 Å². The van der Waals surface area contributed by atoms with Crippen molar-refractivity contribution in [3.8, 4) is 11.3 Å². The highest BCUT2D eigenvalue weighted by atomic mass is 15.1. The quantitative estimate of drug-likeness (QED) is 0.180. The van der Waals surface area contributed by atoms with Crippen LogP contribution in [-0.2, 0) is 16.2 Å². The molecule has 4 unspecified atom stereocenters. The van der Waals surface area contributed by atoms with Crippen LogP contribution < -0.4 is 10.2 Å². The van der Waals surface area contributed by atoms with Crippen molar-refractivity contribution in [3.05, 3.63) is 244 Å². The SMILES string of the molecule is CC1CC=CC2=C1C1(c3ccccc32)c2ccccc2-c2c1c1cc(N(c3ccc(C(C)(C)C)cc3)c3ccc(C(C)(C)C)cc3)ccc1n2C1=CC(c2ccccc2)NC(c2ccccc2)C1. The van der Waals surface area contributed by atoms with Crippen LogP contribution in [-0.4, -0.2) is 4.57 Å². The fourth-order valence-corrected chi connectivity index (χ4v) is 12.3. The first-order valence-electron chi connectivity index (χ1n) is 24.8. The van der Waals surface area contributed by atoms with E-state index in [0.717, 1.165) is 29.9 Å². The van der Waals surface area contributed by atoms with Gasteiger partial charge in [-0.1, -0.05) is 194 Å². The summed E-state index contributed by atoms with van der Waals surface area (Å²) in [7, 11) is 0. The van der Waals surface area contributed by atoms with E-state index < -0.39 is 5.41 Å². The molecule has 1 aliphatic heterocycles. The molecule has 1 N–H and O–H groups in total. The molecule has 1 spiro atoms. The Morgan fingerprint density at radius 1 is 0.588 bits per heavy atom. The molecule has 336 valence electrons. The highest BCUT2D eigenvalue weighted by molar-refractivity contribution is 6.07. The molecule has 4 aliphatic rings. The van der Waals surface area contributed by atoms with Crippen molar-refractivity contribution in [3.63, 3.8) is 0 Å². The number of aromatic nitrogens is 1. The Kier molecular flexibility index (Phi) is 9.87. The largest absolute Gasteiger partial charge is 0.313 e. The summed E-state index contributed by atoms with van der Waals surface area (Å²) in [6, 6.07) is 66.9. The lowest BCUT2D eigenvalue weighted by Crippen LogP contribution is -2.31. The van der Waals surface area contributed by atoms with Gasteiger partial charge in [-0.25, -0.2) is 0 Å². The van der Waals surface area contributed by atoms with Crippen LogP contribution in [0.2, 0.25) is 0 Å². The van der Waals surface area contributed by atoms with E-state index in [-0.39, 0.29) is 22.9 Å². The Bertz CT molecular complexity index is 3280. The summed E-state index contributed by atoms with van der Waals surface area (Å²) in [5.74, 6) is 0.352. The van der Waals surface area contributed by atoms with Crippen molar-refractivity contribution in [2.24, 2.45) is 5.92 Å². The third kappa shape index (κ3) is 6.57. The molecule has 0 radical (unpaired) electrons. The second-order valence-electron chi connectivity index (χ2n) is 21.8. The number of rotatable bonds is 6. The van der Waals surface area contributed by atoms with Gasteiger partial charge in [-0.2, -0.15) is 0 Å².